The van der Waals surface area contributed by atoms with E-state index in [4.69, 9.17) is 9.47 Å². The third kappa shape index (κ3) is 1.88. The molecule has 28 heavy (non-hydrogen) atoms. The van der Waals surface area contributed by atoms with E-state index >= 15 is 0 Å². The predicted octanol–water partition coefficient (Wildman–Crippen LogP) is 1.31. The zero-order valence-corrected chi connectivity index (χ0v) is 16.7. The molecule has 3 fully saturated rings. The molecule has 2 saturated carbocycles. The number of piperidine rings is 1. The Kier molecular flexibility index (Phi) is 3.39. The van der Waals surface area contributed by atoms with Crippen LogP contribution in [0.5, 0.6) is 11.5 Å². The van der Waals surface area contributed by atoms with Crippen molar-refractivity contribution in [3.05, 3.63) is 23.3 Å². The highest BCUT2D eigenvalue weighted by Crippen LogP contribution is 2.65. The van der Waals surface area contributed by atoms with Crippen molar-refractivity contribution >= 4 is 0 Å². The number of phenols is 1. The lowest BCUT2D eigenvalue weighted by Gasteiger charge is -2.64. The van der Waals surface area contributed by atoms with Crippen molar-refractivity contribution in [2.24, 2.45) is 0 Å². The number of aromatic hydroxyl groups is 1. The third-order valence-electron chi connectivity index (χ3n) is 8.68. The number of hydrogen-bond donors (Lipinski definition) is 3. The van der Waals surface area contributed by atoms with E-state index in [1.54, 1.807) is 6.07 Å². The third-order valence-corrected chi connectivity index (χ3v) is 8.68. The number of phenolic OH excluding ortho intramolecular Hbond substituents is 1. The summed E-state index contributed by atoms with van der Waals surface area (Å²) >= 11 is 0. The van der Waals surface area contributed by atoms with Crippen molar-refractivity contribution in [3.63, 3.8) is 0 Å². The highest BCUT2D eigenvalue weighted by molar-refractivity contribution is 5.62. The summed E-state index contributed by atoms with van der Waals surface area (Å²) in [6.45, 7) is 1.83. The van der Waals surface area contributed by atoms with Gasteiger partial charge in [-0.05, 0) is 63.7 Å². The van der Waals surface area contributed by atoms with Crippen LogP contribution < -0.4 is 10.1 Å². The first-order valence-corrected chi connectivity index (χ1v) is 10.7. The maximum atomic E-state index is 12.3. The average Bonchev–Trinajstić information content (AvgIpc) is 3.37. The average molecular weight is 386 g/mol. The summed E-state index contributed by atoms with van der Waals surface area (Å²) in [6.07, 6.45) is 5.38. The van der Waals surface area contributed by atoms with E-state index in [2.05, 4.69) is 10.2 Å². The molecule has 5 aliphatic rings. The second-order valence-electron chi connectivity index (χ2n) is 9.64. The van der Waals surface area contributed by atoms with E-state index in [0.29, 0.717) is 5.75 Å². The first-order valence-electron chi connectivity index (χ1n) is 10.7. The molecule has 152 valence electrons. The van der Waals surface area contributed by atoms with Crippen LogP contribution in [0.25, 0.3) is 0 Å². The van der Waals surface area contributed by atoms with Gasteiger partial charge in [0.15, 0.2) is 11.5 Å². The number of hydrogen-bond acceptors (Lipinski definition) is 6. The van der Waals surface area contributed by atoms with Gasteiger partial charge in [0.05, 0.1) is 16.6 Å². The van der Waals surface area contributed by atoms with Gasteiger partial charge in [0.2, 0.25) is 0 Å². The van der Waals surface area contributed by atoms with Crippen LogP contribution in [-0.4, -0.2) is 71.7 Å². The maximum Gasteiger partial charge on any atom is 0.165 e. The molecule has 5 atom stereocenters. The summed E-state index contributed by atoms with van der Waals surface area (Å²) in [6, 6.07) is 4.06. The van der Waals surface area contributed by atoms with Crippen LogP contribution >= 0.6 is 0 Å². The van der Waals surface area contributed by atoms with Gasteiger partial charge in [-0.25, -0.2) is 0 Å². The normalized spacial score (nSPS) is 42.0. The Labute approximate surface area is 165 Å². The molecule has 0 amide bonds. The molecule has 1 aromatic carbocycles. The Morgan fingerprint density at radius 3 is 2.82 bits per heavy atom. The zero-order valence-electron chi connectivity index (χ0n) is 16.7. The van der Waals surface area contributed by atoms with Gasteiger partial charge >= 0.3 is 0 Å². The second-order valence-corrected chi connectivity index (χ2v) is 9.64. The van der Waals surface area contributed by atoms with Crippen molar-refractivity contribution in [2.45, 2.75) is 73.3 Å². The molecule has 1 aromatic rings. The van der Waals surface area contributed by atoms with E-state index in [1.165, 1.54) is 5.56 Å². The topological polar surface area (TPSA) is 74.2 Å². The van der Waals surface area contributed by atoms with E-state index in [0.717, 1.165) is 57.2 Å². The van der Waals surface area contributed by atoms with Gasteiger partial charge in [-0.3, -0.25) is 4.90 Å². The molecule has 3 aliphatic carbocycles. The van der Waals surface area contributed by atoms with Crippen molar-refractivity contribution in [1.29, 1.82) is 0 Å². The largest absolute Gasteiger partial charge is 0.504 e. The summed E-state index contributed by atoms with van der Waals surface area (Å²) in [7, 11) is 3.79. The van der Waals surface area contributed by atoms with Crippen LogP contribution in [0.3, 0.4) is 0 Å². The molecule has 2 bridgehead atoms. The fourth-order valence-electron chi connectivity index (χ4n) is 7.05. The van der Waals surface area contributed by atoms with Gasteiger partial charge in [-0.2, -0.15) is 0 Å². The van der Waals surface area contributed by atoms with Crippen LogP contribution in [-0.2, 0) is 16.6 Å². The summed E-state index contributed by atoms with van der Waals surface area (Å²) in [4.78, 5) is 2.49. The van der Waals surface area contributed by atoms with Gasteiger partial charge in [0.25, 0.3) is 0 Å². The van der Waals surface area contributed by atoms with Crippen LogP contribution in [0.4, 0.5) is 0 Å². The minimum Gasteiger partial charge on any atom is -0.504 e. The summed E-state index contributed by atoms with van der Waals surface area (Å²) in [5.74, 6) is 0.822. The zero-order chi connectivity index (χ0) is 19.3. The Morgan fingerprint density at radius 2 is 2.11 bits per heavy atom. The van der Waals surface area contributed by atoms with Gasteiger partial charge in [-0.15, -0.1) is 0 Å². The molecule has 6 nitrogen and oxygen atoms in total. The Hall–Kier alpha value is -1.34. The van der Waals surface area contributed by atoms with Gasteiger partial charge in [-0.1, -0.05) is 6.07 Å². The second kappa shape index (κ2) is 5.42. The fraction of sp³-hybridized carbons (Fsp3) is 0.727. The van der Waals surface area contributed by atoms with Crippen molar-refractivity contribution < 1.29 is 19.7 Å². The standard InChI is InChI=1S/C22H30N2O4/c1-23-14-5-6-22(26)16-11-13-3-4-15(25)18-17(13)21(22,19(14)28-18)9-10-24(16)12-20(27-2)7-8-20/h3-4,14,16,19,23,25-26H,5-12H2,1-2H3/t14-,16?,19-,21?,22+/m0/s1. The lowest BCUT2D eigenvalue weighted by Crippen LogP contribution is -2.78. The smallest absolute Gasteiger partial charge is 0.165 e. The number of nitrogens with zero attached hydrogens (tertiary/aromatic N) is 1. The van der Waals surface area contributed by atoms with E-state index in [9.17, 15) is 10.2 Å². The molecule has 1 saturated heterocycles. The van der Waals surface area contributed by atoms with Crippen LogP contribution in [0.2, 0.25) is 0 Å². The SMILES string of the molecule is CN[C@H]1CC[C@@]2(O)C3Cc4ccc(O)c5c4C2(CCN3CC2(OC)CC2)[C@H]1O5. The quantitative estimate of drug-likeness (QED) is 0.725. The van der Waals surface area contributed by atoms with Crippen LogP contribution in [0.1, 0.15) is 43.2 Å². The van der Waals surface area contributed by atoms with Gasteiger partial charge < -0.3 is 25.0 Å². The lowest BCUT2D eigenvalue weighted by molar-refractivity contribution is -0.195. The number of likely N-dealkylation sites (N-methyl/N-ethyl adjacent to an activating group) is 1. The molecule has 1 spiro atoms. The first kappa shape index (κ1) is 17.5. The highest BCUT2D eigenvalue weighted by atomic mass is 16.5. The number of methoxy groups -OCH3 is 1. The molecule has 2 aliphatic heterocycles. The van der Waals surface area contributed by atoms with Gasteiger partial charge in [0, 0.05) is 31.3 Å². The summed E-state index contributed by atoms with van der Waals surface area (Å²) in [5, 5.41) is 26.3. The Bertz CT molecular complexity index is 840. The number of rotatable bonds is 4. The summed E-state index contributed by atoms with van der Waals surface area (Å²) < 4.78 is 12.2. The molecule has 0 radical (unpaired) electrons. The minimum absolute atomic E-state index is 0.0188. The molecular weight excluding hydrogens is 356 g/mol. The fourth-order valence-corrected chi connectivity index (χ4v) is 7.05. The van der Waals surface area contributed by atoms with Gasteiger partial charge in [0.1, 0.15) is 6.10 Å². The monoisotopic (exact) mass is 386 g/mol. The molecule has 3 N–H and O–H groups in total. The number of aliphatic hydroxyl groups is 1. The molecule has 2 unspecified atom stereocenters. The van der Waals surface area contributed by atoms with Crippen molar-refractivity contribution in [1.82, 2.24) is 10.2 Å². The van der Waals surface area contributed by atoms with E-state index in [1.807, 2.05) is 20.2 Å². The van der Waals surface area contributed by atoms with Crippen molar-refractivity contribution in [3.8, 4) is 11.5 Å². The van der Waals surface area contributed by atoms with Crippen LogP contribution in [0.15, 0.2) is 12.1 Å². The molecule has 6 rings (SSSR count). The number of ether oxygens (including phenoxy) is 2. The Balaban J connectivity index is 1.51. The van der Waals surface area contributed by atoms with E-state index < -0.39 is 11.0 Å². The van der Waals surface area contributed by atoms with Crippen LogP contribution in [0, 0.1) is 0 Å². The molecular formula is C22H30N2O4. The number of likely N-dealkylation sites (tertiary alicyclic amines) is 1. The molecule has 2 heterocycles. The molecule has 6 heteroatoms. The number of benzene rings is 1. The summed E-state index contributed by atoms with van der Waals surface area (Å²) in [5.41, 5.74) is 1.03. The highest BCUT2D eigenvalue weighted by Gasteiger charge is 2.73. The van der Waals surface area contributed by atoms with E-state index in [-0.39, 0.29) is 29.5 Å². The lowest BCUT2D eigenvalue weighted by atomic mass is 9.48. The number of nitrogens with one attached hydrogen (secondary N) is 1. The van der Waals surface area contributed by atoms with Crippen molar-refractivity contribution in [2.75, 3.05) is 27.2 Å². The maximum absolute atomic E-state index is 12.3. The first-order chi connectivity index (χ1) is 13.5. The predicted molar refractivity (Wildman–Crippen MR) is 104 cm³/mol. The molecule has 0 aromatic heterocycles. The minimum atomic E-state index is -0.834. The Morgan fingerprint density at radius 1 is 1.29 bits per heavy atom.